The fourth-order valence-electron chi connectivity index (χ4n) is 7.91. The third kappa shape index (κ3) is 4.61. The van der Waals surface area contributed by atoms with E-state index in [1.165, 1.54) is 38.5 Å². The third-order valence-electron chi connectivity index (χ3n) is 9.39. The van der Waals surface area contributed by atoms with Gasteiger partial charge in [0.15, 0.2) is 5.60 Å². The molecule has 3 N–H and O–H groups in total. The van der Waals surface area contributed by atoms with Crippen LogP contribution in [0, 0.1) is 23.2 Å². The molecule has 0 atom stereocenters. The Kier molecular flexibility index (Phi) is 6.19. The number of nitrogens with one attached hydrogen (secondary N) is 1. The number of hydrogen-bond acceptors (Lipinski definition) is 5. The number of carboxylic acids is 1. The number of hydrogen-bond donors (Lipinski definition) is 3. The van der Waals surface area contributed by atoms with Gasteiger partial charge in [-0.3, -0.25) is 4.79 Å². The van der Waals surface area contributed by atoms with Crippen molar-refractivity contribution in [3.8, 4) is 11.1 Å². The Balaban J connectivity index is 1.20. The number of pyridine rings is 1. The summed E-state index contributed by atoms with van der Waals surface area (Å²) in [7, 11) is 0. The Morgan fingerprint density at radius 2 is 1.70 bits per heavy atom. The van der Waals surface area contributed by atoms with Gasteiger partial charge in [-0.15, -0.1) is 0 Å². The van der Waals surface area contributed by atoms with Crippen LogP contribution in [0.25, 0.3) is 11.1 Å². The molecule has 0 spiro atoms. The molecule has 5 aliphatic rings. The molecule has 7 nitrogen and oxygen atoms in total. The molecule has 7 rings (SSSR count). The summed E-state index contributed by atoms with van der Waals surface area (Å²) in [6.45, 7) is 1.46. The van der Waals surface area contributed by atoms with E-state index in [0.717, 1.165) is 28.9 Å². The first-order valence-electron chi connectivity index (χ1n) is 13.5. The number of benzene rings is 1. The molecule has 37 heavy (non-hydrogen) atoms. The van der Waals surface area contributed by atoms with Crippen molar-refractivity contribution in [2.75, 3.05) is 24.5 Å². The molecule has 1 aliphatic heterocycles. The number of nitrogens with zero attached hydrogens (tertiary/aromatic N) is 2. The van der Waals surface area contributed by atoms with Gasteiger partial charge in [-0.2, -0.15) is 0 Å². The van der Waals surface area contributed by atoms with Crippen molar-refractivity contribution in [1.29, 1.82) is 0 Å². The summed E-state index contributed by atoms with van der Waals surface area (Å²) in [4.78, 5) is 31.4. The number of carboxylic acid groups (broad SMARTS) is 1. The first-order valence-corrected chi connectivity index (χ1v) is 13.9. The van der Waals surface area contributed by atoms with Gasteiger partial charge in [-0.05, 0) is 91.5 Å². The summed E-state index contributed by atoms with van der Waals surface area (Å²) in [6.07, 6.45) is 9.78. The number of rotatable bonds is 6. The third-order valence-corrected chi connectivity index (χ3v) is 9.72. The van der Waals surface area contributed by atoms with Crippen LogP contribution in [0.1, 0.15) is 61.7 Å². The van der Waals surface area contributed by atoms with Crippen LogP contribution in [0.5, 0.6) is 0 Å². The Labute approximate surface area is 222 Å². The Hall–Kier alpha value is -2.64. The summed E-state index contributed by atoms with van der Waals surface area (Å²) in [5.41, 5.74) is 0.671. The maximum atomic E-state index is 13.4. The molecule has 4 saturated carbocycles. The maximum absolute atomic E-state index is 13.4. The normalized spacial score (nSPS) is 29.8. The second kappa shape index (κ2) is 9.28. The van der Waals surface area contributed by atoms with Crippen LogP contribution in [0.2, 0.25) is 5.02 Å². The molecule has 5 fully saturated rings. The summed E-state index contributed by atoms with van der Waals surface area (Å²) < 4.78 is 0. The van der Waals surface area contributed by atoms with Crippen LogP contribution >= 0.6 is 11.6 Å². The van der Waals surface area contributed by atoms with Crippen LogP contribution in [0.15, 0.2) is 36.5 Å². The topological polar surface area (TPSA) is 103 Å². The smallest absolute Gasteiger partial charge is 0.335 e. The number of aliphatic hydroxyl groups is 1. The van der Waals surface area contributed by atoms with E-state index in [9.17, 15) is 19.8 Å². The van der Waals surface area contributed by atoms with E-state index in [0.29, 0.717) is 36.0 Å². The van der Waals surface area contributed by atoms with Gasteiger partial charge in [-0.1, -0.05) is 17.7 Å². The van der Waals surface area contributed by atoms with E-state index in [-0.39, 0.29) is 24.2 Å². The number of carbonyl (C=O) groups is 2. The lowest BCUT2D eigenvalue weighted by Crippen LogP contribution is -2.51. The quantitative estimate of drug-likeness (QED) is 0.504. The van der Waals surface area contributed by atoms with Gasteiger partial charge in [0.1, 0.15) is 5.82 Å². The average molecular weight is 524 g/mol. The van der Waals surface area contributed by atoms with Gasteiger partial charge in [0.25, 0.3) is 5.91 Å². The van der Waals surface area contributed by atoms with E-state index in [1.807, 2.05) is 29.2 Å². The average Bonchev–Trinajstić information content (AvgIpc) is 2.87. The van der Waals surface area contributed by atoms with Gasteiger partial charge in [-0.25, -0.2) is 9.78 Å². The molecular formula is C29H34ClN3O4. The van der Waals surface area contributed by atoms with Crippen LogP contribution in [0.3, 0.4) is 0 Å². The zero-order valence-corrected chi connectivity index (χ0v) is 21.7. The molecule has 1 amide bonds. The first kappa shape index (κ1) is 24.7. The minimum Gasteiger partial charge on any atom is -0.479 e. The molecule has 2 aromatic rings. The van der Waals surface area contributed by atoms with Crippen LogP contribution in [-0.4, -0.2) is 52.3 Å². The molecule has 0 radical (unpaired) electrons. The Bertz CT molecular complexity index is 1190. The minimum absolute atomic E-state index is 0.122. The van der Waals surface area contributed by atoms with E-state index < -0.39 is 11.6 Å². The largest absolute Gasteiger partial charge is 0.479 e. The van der Waals surface area contributed by atoms with Gasteiger partial charge in [0.05, 0.1) is 10.6 Å². The van der Waals surface area contributed by atoms with Crippen molar-refractivity contribution in [1.82, 2.24) is 10.3 Å². The molecule has 8 heteroatoms. The zero-order chi connectivity index (χ0) is 25.8. The number of carbonyl (C=O) groups excluding carboxylic acids is 1. The predicted octanol–water partition coefficient (Wildman–Crippen LogP) is 4.76. The van der Waals surface area contributed by atoms with E-state index in [2.05, 4.69) is 10.3 Å². The highest BCUT2D eigenvalue weighted by molar-refractivity contribution is 6.34. The molecule has 196 valence electrons. The number of amides is 1. The highest BCUT2D eigenvalue weighted by atomic mass is 35.5. The fourth-order valence-corrected chi connectivity index (χ4v) is 8.12. The Morgan fingerprint density at radius 3 is 2.32 bits per heavy atom. The second-order valence-corrected chi connectivity index (χ2v) is 12.4. The van der Waals surface area contributed by atoms with Crippen molar-refractivity contribution in [3.05, 3.63) is 47.1 Å². The molecule has 0 unspecified atom stereocenters. The second-order valence-electron chi connectivity index (χ2n) is 12.0. The van der Waals surface area contributed by atoms with Gasteiger partial charge in [0.2, 0.25) is 0 Å². The van der Waals surface area contributed by atoms with E-state index >= 15 is 0 Å². The summed E-state index contributed by atoms with van der Waals surface area (Å²) in [5.74, 6) is 1.88. The molecule has 4 aliphatic carbocycles. The molecule has 2 heterocycles. The van der Waals surface area contributed by atoms with Crippen LogP contribution in [0.4, 0.5) is 5.82 Å². The summed E-state index contributed by atoms with van der Waals surface area (Å²) in [5, 5.41) is 23.3. The number of aliphatic carboxylic acids is 1. The zero-order valence-electron chi connectivity index (χ0n) is 21.0. The lowest BCUT2D eigenvalue weighted by Gasteiger charge is -2.56. The lowest BCUT2D eigenvalue weighted by atomic mass is 9.49. The number of aromatic nitrogens is 1. The van der Waals surface area contributed by atoms with Crippen molar-refractivity contribution in [2.24, 2.45) is 23.2 Å². The molecule has 1 aromatic heterocycles. The molecular weight excluding hydrogens is 490 g/mol. The van der Waals surface area contributed by atoms with Crippen molar-refractivity contribution >= 4 is 29.3 Å². The molecule has 1 aromatic carbocycles. The highest BCUT2D eigenvalue weighted by Crippen LogP contribution is 2.59. The minimum atomic E-state index is -1.70. The van der Waals surface area contributed by atoms with Crippen molar-refractivity contribution in [3.63, 3.8) is 0 Å². The Morgan fingerprint density at radius 1 is 1.05 bits per heavy atom. The number of piperidine rings is 1. The van der Waals surface area contributed by atoms with Gasteiger partial charge >= 0.3 is 5.97 Å². The molecule has 4 bridgehead atoms. The highest BCUT2D eigenvalue weighted by Gasteiger charge is 2.50. The standard InChI is InChI=1S/C29H34ClN3O4/c30-24-4-3-21(22-2-1-7-31-25(22)33-8-5-29(37,6-9-33)27(35)36)13-23(24)26(34)32-17-28-14-18-10-19(15-28)12-20(11-18)16-28/h1-4,7,13,18-20,37H,5-6,8-12,14-17H2,(H,32,34)(H,35,36). The maximum Gasteiger partial charge on any atom is 0.335 e. The van der Waals surface area contributed by atoms with Crippen LogP contribution < -0.4 is 10.2 Å². The van der Waals surface area contributed by atoms with Gasteiger partial charge < -0.3 is 20.4 Å². The van der Waals surface area contributed by atoms with Crippen molar-refractivity contribution in [2.45, 2.75) is 57.0 Å². The molecule has 1 saturated heterocycles. The monoisotopic (exact) mass is 523 g/mol. The number of anilines is 1. The fraction of sp³-hybridized carbons (Fsp3) is 0.552. The first-order chi connectivity index (χ1) is 17.7. The summed E-state index contributed by atoms with van der Waals surface area (Å²) >= 11 is 6.51. The van der Waals surface area contributed by atoms with E-state index in [1.54, 1.807) is 12.3 Å². The predicted molar refractivity (Wildman–Crippen MR) is 142 cm³/mol. The van der Waals surface area contributed by atoms with Crippen molar-refractivity contribution < 1.29 is 19.8 Å². The SMILES string of the molecule is O=C(NCC12CC3CC(CC(C3)C1)C2)c1cc(-c2cccnc2N2CCC(O)(C(=O)O)CC2)ccc1Cl. The number of halogens is 1. The lowest BCUT2D eigenvalue weighted by molar-refractivity contribution is -0.160. The summed E-state index contributed by atoms with van der Waals surface area (Å²) in [6, 6.07) is 9.26. The van der Waals surface area contributed by atoms with Crippen LogP contribution in [-0.2, 0) is 4.79 Å². The van der Waals surface area contributed by atoms with Gasteiger partial charge in [0, 0.05) is 44.2 Å². The van der Waals surface area contributed by atoms with E-state index in [4.69, 9.17) is 11.6 Å².